The minimum absolute atomic E-state index is 0.355. The zero-order valence-electron chi connectivity index (χ0n) is 10.8. The third-order valence-corrected chi connectivity index (χ3v) is 4.00. The Morgan fingerprint density at radius 2 is 1.95 bits per heavy atom. The van der Waals surface area contributed by atoms with E-state index in [1.54, 1.807) is 22.8 Å². The van der Waals surface area contributed by atoms with Crippen LogP contribution in [0.3, 0.4) is 0 Å². The van der Waals surface area contributed by atoms with E-state index in [4.69, 9.17) is 11.6 Å². The van der Waals surface area contributed by atoms with Gasteiger partial charge >= 0.3 is 0 Å². The lowest BCUT2D eigenvalue weighted by molar-refractivity contribution is 0.619. The van der Waals surface area contributed by atoms with Gasteiger partial charge in [0.25, 0.3) is 0 Å². The van der Waals surface area contributed by atoms with Crippen LogP contribution in [0, 0.1) is 11.6 Å². The maximum Gasteiger partial charge on any atom is 0.139 e. The maximum atomic E-state index is 13.8. The fraction of sp³-hybridized carbons (Fsp3) is 0.133. The topological polar surface area (TPSA) is 17.8 Å². The van der Waals surface area contributed by atoms with Crippen molar-refractivity contribution in [2.45, 2.75) is 6.42 Å². The standard InChI is InChI=1S/C15H10BrClF2N2/c16-11-3-2-10(8-12(11)19)21-14-4-1-9(18)7-13(14)20-15(21)5-6-17/h1-4,7-8H,5-6H2. The summed E-state index contributed by atoms with van der Waals surface area (Å²) >= 11 is 8.93. The van der Waals surface area contributed by atoms with Crippen LogP contribution in [0.2, 0.25) is 0 Å². The highest BCUT2D eigenvalue weighted by atomic mass is 79.9. The van der Waals surface area contributed by atoms with Crippen LogP contribution < -0.4 is 0 Å². The van der Waals surface area contributed by atoms with Crippen LogP contribution in [0.25, 0.3) is 16.7 Å². The molecule has 0 unspecified atom stereocenters. The quantitative estimate of drug-likeness (QED) is 0.602. The smallest absolute Gasteiger partial charge is 0.139 e. The van der Waals surface area contributed by atoms with E-state index >= 15 is 0 Å². The Balaban J connectivity index is 2.27. The second-order valence-corrected chi connectivity index (χ2v) is 5.77. The van der Waals surface area contributed by atoms with Crippen LogP contribution in [0.1, 0.15) is 5.82 Å². The van der Waals surface area contributed by atoms with Crippen LogP contribution in [-0.2, 0) is 6.42 Å². The van der Waals surface area contributed by atoms with Crippen molar-refractivity contribution in [1.29, 1.82) is 0 Å². The Morgan fingerprint density at radius 3 is 2.67 bits per heavy atom. The van der Waals surface area contributed by atoms with Crippen molar-refractivity contribution in [2.24, 2.45) is 0 Å². The molecule has 0 bridgehead atoms. The van der Waals surface area contributed by atoms with Gasteiger partial charge in [-0.1, -0.05) is 0 Å². The molecule has 0 spiro atoms. The molecule has 2 aromatic carbocycles. The molecule has 0 amide bonds. The van der Waals surface area contributed by atoms with Gasteiger partial charge in [-0.3, -0.25) is 4.57 Å². The summed E-state index contributed by atoms with van der Waals surface area (Å²) in [4.78, 5) is 4.40. The lowest BCUT2D eigenvalue weighted by Crippen LogP contribution is -2.02. The first-order valence-corrected chi connectivity index (χ1v) is 7.61. The lowest BCUT2D eigenvalue weighted by Gasteiger charge is -2.09. The largest absolute Gasteiger partial charge is 0.296 e. The molecule has 0 N–H and O–H groups in total. The number of benzene rings is 2. The molecule has 0 radical (unpaired) electrons. The molecule has 0 saturated heterocycles. The minimum atomic E-state index is -0.367. The van der Waals surface area contributed by atoms with Crippen LogP contribution in [-0.4, -0.2) is 15.4 Å². The molecule has 1 heterocycles. The van der Waals surface area contributed by atoms with E-state index in [2.05, 4.69) is 20.9 Å². The number of halogens is 4. The van der Waals surface area contributed by atoms with Crippen molar-refractivity contribution in [3.63, 3.8) is 0 Å². The summed E-state index contributed by atoms with van der Waals surface area (Å²) in [5.41, 5.74) is 1.88. The molecule has 6 heteroatoms. The number of aryl methyl sites for hydroxylation is 1. The third kappa shape index (κ3) is 2.68. The van der Waals surface area contributed by atoms with Crippen molar-refractivity contribution < 1.29 is 8.78 Å². The summed E-state index contributed by atoms with van der Waals surface area (Å²) in [5.74, 6) is 0.331. The van der Waals surface area contributed by atoms with E-state index in [0.717, 1.165) is 5.52 Å². The zero-order chi connectivity index (χ0) is 15.0. The van der Waals surface area contributed by atoms with Gasteiger partial charge in [0.1, 0.15) is 17.5 Å². The molecule has 0 aliphatic rings. The van der Waals surface area contributed by atoms with Crippen LogP contribution in [0.4, 0.5) is 8.78 Å². The Labute approximate surface area is 133 Å². The van der Waals surface area contributed by atoms with Crippen LogP contribution >= 0.6 is 27.5 Å². The van der Waals surface area contributed by atoms with Gasteiger partial charge in [-0.05, 0) is 46.3 Å². The summed E-state index contributed by atoms with van der Waals surface area (Å²) in [5, 5.41) is 0. The van der Waals surface area contributed by atoms with E-state index in [1.807, 2.05) is 0 Å². The van der Waals surface area contributed by atoms with Gasteiger partial charge in [-0.2, -0.15) is 0 Å². The molecule has 1 aromatic heterocycles. The highest BCUT2D eigenvalue weighted by Gasteiger charge is 2.14. The molecule has 2 nitrogen and oxygen atoms in total. The van der Waals surface area contributed by atoms with E-state index in [9.17, 15) is 8.78 Å². The first kappa shape index (κ1) is 14.5. The SMILES string of the molecule is Fc1ccc2c(c1)nc(CCCl)n2-c1ccc(Br)c(F)c1. The molecule has 21 heavy (non-hydrogen) atoms. The van der Waals surface area contributed by atoms with E-state index in [0.29, 0.717) is 33.8 Å². The van der Waals surface area contributed by atoms with E-state index in [-0.39, 0.29) is 11.6 Å². The maximum absolute atomic E-state index is 13.8. The molecule has 3 aromatic rings. The molecule has 0 aliphatic carbocycles. The van der Waals surface area contributed by atoms with Gasteiger partial charge in [0.15, 0.2) is 0 Å². The number of aromatic nitrogens is 2. The second kappa shape index (κ2) is 5.73. The first-order valence-electron chi connectivity index (χ1n) is 6.28. The predicted octanol–water partition coefficient (Wildman–Crippen LogP) is 4.85. The number of fused-ring (bicyclic) bond motifs is 1. The number of alkyl halides is 1. The van der Waals surface area contributed by atoms with Gasteiger partial charge in [0, 0.05) is 18.4 Å². The fourth-order valence-electron chi connectivity index (χ4n) is 2.27. The highest BCUT2D eigenvalue weighted by Crippen LogP contribution is 2.25. The Bertz CT molecular complexity index is 817. The molecule has 0 fully saturated rings. The van der Waals surface area contributed by atoms with Crippen molar-refractivity contribution in [1.82, 2.24) is 9.55 Å². The predicted molar refractivity (Wildman–Crippen MR) is 83.1 cm³/mol. The summed E-state index contributed by atoms with van der Waals surface area (Å²) in [6.45, 7) is 0. The van der Waals surface area contributed by atoms with Gasteiger partial charge in [0.2, 0.25) is 0 Å². The fourth-order valence-corrected chi connectivity index (χ4v) is 2.68. The summed E-state index contributed by atoms with van der Waals surface area (Å²) < 4.78 is 29.3. The van der Waals surface area contributed by atoms with Crippen LogP contribution in [0.15, 0.2) is 40.9 Å². The average Bonchev–Trinajstić information content (AvgIpc) is 2.79. The summed E-state index contributed by atoms with van der Waals surface area (Å²) in [7, 11) is 0. The molecule has 3 rings (SSSR count). The minimum Gasteiger partial charge on any atom is -0.296 e. The van der Waals surface area contributed by atoms with Crippen molar-refractivity contribution in [3.8, 4) is 5.69 Å². The number of rotatable bonds is 3. The monoisotopic (exact) mass is 370 g/mol. The number of imidazole rings is 1. The van der Waals surface area contributed by atoms with Crippen molar-refractivity contribution in [3.05, 3.63) is 58.3 Å². The molecule has 0 saturated carbocycles. The second-order valence-electron chi connectivity index (χ2n) is 4.53. The highest BCUT2D eigenvalue weighted by molar-refractivity contribution is 9.10. The Morgan fingerprint density at radius 1 is 1.14 bits per heavy atom. The molecular formula is C15H10BrClF2N2. The number of nitrogens with zero attached hydrogens (tertiary/aromatic N) is 2. The van der Waals surface area contributed by atoms with Gasteiger partial charge in [-0.25, -0.2) is 13.8 Å². The van der Waals surface area contributed by atoms with Crippen molar-refractivity contribution in [2.75, 3.05) is 5.88 Å². The van der Waals surface area contributed by atoms with E-state index in [1.165, 1.54) is 18.2 Å². The summed E-state index contributed by atoms with van der Waals surface area (Å²) in [6.07, 6.45) is 0.509. The normalized spacial score (nSPS) is 11.2. The van der Waals surface area contributed by atoms with Gasteiger partial charge < -0.3 is 0 Å². The third-order valence-electron chi connectivity index (χ3n) is 3.17. The van der Waals surface area contributed by atoms with E-state index < -0.39 is 0 Å². The van der Waals surface area contributed by atoms with Crippen LogP contribution in [0.5, 0.6) is 0 Å². The molecule has 108 valence electrons. The van der Waals surface area contributed by atoms with Gasteiger partial charge in [0.05, 0.1) is 21.2 Å². The summed E-state index contributed by atoms with van der Waals surface area (Å²) in [6, 6.07) is 9.17. The number of hydrogen-bond donors (Lipinski definition) is 0. The molecular weight excluding hydrogens is 362 g/mol. The molecule has 0 atom stereocenters. The Kier molecular flexibility index (Phi) is 3.95. The average molecular weight is 372 g/mol. The lowest BCUT2D eigenvalue weighted by atomic mass is 10.2. The van der Waals surface area contributed by atoms with Crippen molar-refractivity contribution >= 4 is 38.6 Å². The first-order chi connectivity index (χ1) is 10.1. The molecule has 0 aliphatic heterocycles. The zero-order valence-corrected chi connectivity index (χ0v) is 13.1. The number of hydrogen-bond acceptors (Lipinski definition) is 1. The Hall–Kier alpha value is -1.46. The van der Waals surface area contributed by atoms with Gasteiger partial charge in [-0.15, -0.1) is 11.6 Å².